The quantitative estimate of drug-likeness (QED) is 0.488. The number of hydrogen-bond acceptors (Lipinski definition) is 5. The van der Waals surface area contributed by atoms with Crippen LogP contribution in [0, 0.1) is 6.92 Å². The van der Waals surface area contributed by atoms with Crippen molar-refractivity contribution in [3.8, 4) is 5.69 Å². The van der Waals surface area contributed by atoms with Crippen LogP contribution in [0.1, 0.15) is 5.56 Å². The molecule has 2 amide bonds. The van der Waals surface area contributed by atoms with Gasteiger partial charge in [0.25, 0.3) is 5.56 Å². The van der Waals surface area contributed by atoms with Gasteiger partial charge in [0.15, 0.2) is 5.16 Å². The van der Waals surface area contributed by atoms with Crippen molar-refractivity contribution in [2.45, 2.75) is 12.1 Å². The summed E-state index contributed by atoms with van der Waals surface area (Å²) in [5, 5.41) is 5.92. The van der Waals surface area contributed by atoms with Crippen LogP contribution in [-0.2, 0) is 9.59 Å². The molecule has 0 fully saturated rings. The number of hydrogen-bond donors (Lipinski definition) is 2. The highest BCUT2D eigenvalue weighted by molar-refractivity contribution is 7.99. The average Bonchev–Trinajstić information content (AvgIpc) is 2.71. The van der Waals surface area contributed by atoms with Gasteiger partial charge in [-0.3, -0.25) is 19.0 Å². The van der Waals surface area contributed by atoms with E-state index in [1.54, 1.807) is 18.2 Å². The summed E-state index contributed by atoms with van der Waals surface area (Å²) in [6.07, 6.45) is 0. The number of likely N-dealkylation sites (N-methyl/N-ethyl adjacent to an activating group) is 1. The minimum atomic E-state index is -0.313. The molecule has 28 heavy (non-hydrogen) atoms. The van der Waals surface area contributed by atoms with Crippen LogP contribution in [-0.4, -0.2) is 40.7 Å². The van der Waals surface area contributed by atoms with E-state index in [9.17, 15) is 14.4 Å². The summed E-state index contributed by atoms with van der Waals surface area (Å²) in [6, 6.07) is 14.7. The zero-order chi connectivity index (χ0) is 20.1. The van der Waals surface area contributed by atoms with Crippen molar-refractivity contribution in [3.05, 3.63) is 64.4 Å². The lowest BCUT2D eigenvalue weighted by Gasteiger charge is -2.15. The third-order valence-electron chi connectivity index (χ3n) is 4.16. The monoisotopic (exact) mass is 396 g/mol. The number of benzene rings is 2. The van der Waals surface area contributed by atoms with E-state index in [4.69, 9.17) is 0 Å². The zero-order valence-electron chi connectivity index (χ0n) is 15.6. The lowest BCUT2D eigenvalue weighted by molar-refractivity contribution is -0.124. The summed E-state index contributed by atoms with van der Waals surface area (Å²) in [5.74, 6) is -0.556. The summed E-state index contributed by atoms with van der Waals surface area (Å²) >= 11 is 1.16. The molecule has 0 aliphatic heterocycles. The van der Waals surface area contributed by atoms with E-state index >= 15 is 0 Å². The molecule has 2 aromatic carbocycles. The molecule has 0 radical (unpaired) electrons. The fourth-order valence-corrected chi connectivity index (χ4v) is 3.52. The van der Waals surface area contributed by atoms with Gasteiger partial charge in [0.05, 0.1) is 28.9 Å². The average molecular weight is 396 g/mol. The van der Waals surface area contributed by atoms with Crippen molar-refractivity contribution in [2.75, 3.05) is 19.3 Å². The Hall–Kier alpha value is -3.13. The molecule has 0 saturated heterocycles. The summed E-state index contributed by atoms with van der Waals surface area (Å²) in [6.45, 7) is 1.83. The Morgan fingerprint density at radius 2 is 1.79 bits per heavy atom. The van der Waals surface area contributed by atoms with E-state index in [-0.39, 0.29) is 29.7 Å². The molecule has 0 bridgehead atoms. The van der Waals surface area contributed by atoms with Crippen molar-refractivity contribution in [2.24, 2.45) is 0 Å². The van der Waals surface area contributed by atoms with Crippen LogP contribution < -0.4 is 16.2 Å². The van der Waals surface area contributed by atoms with Crippen LogP contribution in [0.25, 0.3) is 16.6 Å². The predicted molar refractivity (Wildman–Crippen MR) is 110 cm³/mol. The molecule has 1 aromatic heterocycles. The van der Waals surface area contributed by atoms with Crippen molar-refractivity contribution < 1.29 is 9.59 Å². The number of nitrogens with one attached hydrogen (secondary N) is 2. The maximum absolute atomic E-state index is 13.2. The first-order valence-electron chi connectivity index (χ1n) is 8.69. The van der Waals surface area contributed by atoms with Crippen LogP contribution >= 0.6 is 11.8 Å². The number of aromatic nitrogens is 2. The highest BCUT2D eigenvalue weighted by Gasteiger charge is 2.16. The largest absolute Gasteiger partial charge is 0.358 e. The predicted octanol–water partition coefficient (Wildman–Crippen LogP) is 1.65. The second-order valence-electron chi connectivity index (χ2n) is 6.08. The van der Waals surface area contributed by atoms with Gasteiger partial charge in [0.2, 0.25) is 11.8 Å². The maximum atomic E-state index is 13.2. The minimum Gasteiger partial charge on any atom is -0.358 e. The van der Waals surface area contributed by atoms with Crippen LogP contribution in [0.5, 0.6) is 0 Å². The fourth-order valence-electron chi connectivity index (χ4n) is 2.68. The first-order chi connectivity index (χ1) is 13.5. The van der Waals surface area contributed by atoms with Gasteiger partial charge in [-0.2, -0.15) is 0 Å². The van der Waals surface area contributed by atoms with E-state index in [2.05, 4.69) is 15.6 Å². The molecule has 144 valence electrons. The van der Waals surface area contributed by atoms with Crippen LogP contribution in [0.4, 0.5) is 0 Å². The highest BCUT2D eigenvalue weighted by Crippen LogP contribution is 2.22. The van der Waals surface area contributed by atoms with Gasteiger partial charge >= 0.3 is 0 Å². The molecule has 0 aliphatic carbocycles. The number of thioether (sulfide) groups is 1. The molecule has 1 heterocycles. The van der Waals surface area contributed by atoms with Crippen molar-refractivity contribution in [3.63, 3.8) is 0 Å². The Balaban J connectivity index is 1.98. The molecule has 2 N–H and O–H groups in total. The van der Waals surface area contributed by atoms with E-state index in [1.165, 1.54) is 11.6 Å². The van der Waals surface area contributed by atoms with Gasteiger partial charge in [0, 0.05) is 7.05 Å². The Morgan fingerprint density at radius 3 is 2.54 bits per heavy atom. The van der Waals surface area contributed by atoms with Crippen molar-refractivity contribution in [1.29, 1.82) is 0 Å². The van der Waals surface area contributed by atoms with E-state index in [0.717, 1.165) is 23.0 Å². The molecule has 0 unspecified atom stereocenters. The van der Waals surface area contributed by atoms with Crippen LogP contribution in [0.2, 0.25) is 0 Å². The SMILES string of the molecule is CNC(=O)CNC(=O)CSc1nc2ccccc2c(=O)n1-c1ccccc1C. The second-order valence-corrected chi connectivity index (χ2v) is 7.02. The molecule has 0 atom stereocenters. The van der Waals surface area contributed by atoms with E-state index in [1.807, 2.05) is 37.3 Å². The fraction of sp³-hybridized carbons (Fsp3) is 0.200. The van der Waals surface area contributed by atoms with Gasteiger partial charge in [-0.15, -0.1) is 0 Å². The van der Waals surface area contributed by atoms with Crippen LogP contribution in [0.3, 0.4) is 0 Å². The number of carbonyl (C=O) groups excluding carboxylic acids is 2. The first-order valence-corrected chi connectivity index (χ1v) is 9.67. The Bertz CT molecular complexity index is 1090. The second kappa shape index (κ2) is 8.71. The molecule has 0 aliphatic rings. The Morgan fingerprint density at radius 1 is 1.07 bits per heavy atom. The number of aryl methyl sites for hydroxylation is 1. The molecular weight excluding hydrogens is 376 g/mol. The lowest BCUT2D eigenvalue weighted by Crippen LogP contribution is -2.36. The van der Waals surface area contributed by atoms with Gasteiger partial charge in [-0.05, 0) is 30.7 Å². The number of para-hydroxylation sites is 2. The number of rotatable bonds is 6. The number of carbonyl (C=O) groups is 2. The van der Waals surface area contributed by atoms with Gasteiger partial charge < -0.3 is 10.6 Å². The highest BCUT2D eigenvalue weighted by atomic mass is 32.2. The van der Waals surface area contributed by atoms with Gasteiger partial charge in [-0.25, -0.2) is 4.98 Å². The van der Waals surface area contributed by atoms with Crippen molar-refractivity contribution >= 4 is 34.5 Å². The maximum Gasteiger partial charge on any atom is 0.266 e. The zero-order valence-corrected chi connectivity index (χ0v) is 16.4. The third kappa shape index (κ3) is 4.23. The molecule has 3 aromatic rings. The molecule has 7 nitrogen and oxygen atoms in total. The lowest BCUT2D eigenvalue weighted by atomic mass is 10.2. The molecule has 8 heteroatoms. The van der Waals surface area contributed by atoms with E-state index in [0.29, 0.717) is 16.1 Å². The van der Waals surface area contributed by atoms with Crippen LogP contribution in [0.15, 0.2) is 58.5 Å². The third-order valence-corrected chi connectivity index (χ3v) is 5.10. The summed E-state index contributed by atoms with van der Waals surface area (Å²) in [7, 11) is 1.50. The topological polar surface area (TPSA) is 93.1 Å². The summed E-state index contributed by atoms with van der Waals surface area (Å²) in [5.41, 5.74) is 2.03. The minimum absolute atomic E-state index is 0.0354. The molecule has 0 spiro atoms. The van der Waals surface area contributed by atoms with E-state index < -0.39 is 0 Å². The summed E-state index contributed by atoms with van der Waals surface area (Å²) in [4.78, 5) is 41.1. The van der Waals surface area contributed by atoms with Crippen molar-refractivity contribution in [1.82, 2.24) is 20.2 Å². The number of nitrogens with zero attached hydrogens (tertiary/aromatic N) is 2. The normalized spacial score (nSPS) is 10.6. The molecular formula is C20H20N4O3S. The smallest absolute Gasteiger partial charge is 0.266 e. The summed E-state index contributed by atoms with van der Waals surface area (Å²) < 4.78 is 1.54. The Labute approximate surface area is 166 Å². The number of amides is 2. The number of fused-ring (bicyclic) bond motifs is 1. The first kappa shape index (κ1) is 19.6. The standard InChI is InChI=1S/C20H20N4O3S/c1-13-7-3-6-10-16(13)24-19(27)14-8-4-5-9-15(14)23-20(24)28-12-18(26)22-11-17(25)21-2/h3-10H,11-12H2,1-2H3,(H,21,25)(H,22,26). The molecule has 0 saturated carbocycles. The molecule has 3 rings (SSSR count). The van der Waals surface area contributed by atoms with Gasteiger partial charge in [-0.1, -0.05) is 42.1 Å². The Kier molecular flexibility index (Phi) is 6.10. The van der Waals surface area contributed by atoms with Gasteiger partial charge in [0.1, 0.15) is 0 Å².